The molecule has 1 saturated heterocycles. The normalized spacial score (nSPS) is 25.0. The van der Waals surface area contributed by atoms with E-state index < -0.39 is 0 Å². The third-order valence-corrected chi connectivity index (χ3v) is 4.99. The van der Waals surface area contributed by atoms with Crippen LogP contribution in [0.1, 0.15) is 30.9 Å². The number of pyridine rings is 1. The lowest BCUT2D eigenvalue weighted by Crippen LogP contribution is -2.44. The van der Waals surface area contributed by atoms with Gasteiger partial charge in [-0.1, -0.05) is 18.2 Å². The number of urea groups is 1. The Hall–Kier alpha value is -1.88. The number of carbonyl (C=O) groups is 1. The molecule has 124 valence electrons. The van der Waals surface area contributed by atoms with E-state index in [9.17, 15) is 4.79 Å². The second-order valence-electron chi connectivity index (χ2n) is 6.73. The maximum atomic E-state index is 12.4. The Morgan fingerprint density at radius 1 is 1.43 bits per heavy atom. The van der Waals surface area contributed by atoms with E-state index in [-0.39, 0.29) is 12.1 Å². The number of likely N-dealkylation sites (tertiary alicyclic amines) is 1. The van der Waals surface area contributed by atoms with Crippen LogP contribution < -0.4 is 5.32 Å². The van der Waals surface area contributed by atoms with Crippen LogP contribution in [0.15, 0.2) is 36.7 Å². The largest absolute Gasteiger partial charge is 0.335 e. The fourth-order valence-corrected chi connectivity index (χ4v) is 3.75. The fraction of sp³-hybridized carbons (Fsp3) is 0.556. The van der Waals surface area contributed by atoms with Crippen molar-refractivity contribution in [2.45, 2.75) is 31.3 Å². The molecule has 1 aromatic heterocycles. The van der Waals surface area contributed by atoms with Crippen LogP contribution in [0.2, 0.25) is 0 Å². The number of hydrogen-bond acceptors (Lipinski definition) is 3. The molecule has 2 atom stereocenters. The summed E-state index contributed by atoms with van der Waals surface area (Å²) >= 11 is 0. The molecule has 2 heterocycles. The summed E-state index contributed by atoms with van der Waals surface area (Å²) in [6.07, 6.45) is 11.0. The molecule has 5 nitrogen and oxygen atoms in total. The highest BCUT2D eigenvalue weighted by Crippen LogP contribution is 2.36. The van der Waals surface area contributed by atoms with E-state index in [1.165, 1.54) is 5.56 Å². The first kappa shape index (κ1) is 16.0. The molecular formula is C18H26N4O. The number of nitrogens with zero attached hydrogens (tertiary/aromatic N) is 3. The summed E-state index contributed by atoms with van der Waals surface area (Å²) in [5.74, 6) is 0.446. The number of amides is 2. The molecule has 1 aliphatic carbocycles. The second-order valence-corrected chi connectivity index (χ2v) is 6.73. The zero-order chi connectivity index (χ0) is 16.2. The van der Waals surface area contributed by atoms with Gasteiger partial charge in [-0.3, -0.25) is 9.88 Å². The van der Waals surface area contributed by atoms with E-state index in [0.29, 0.717) is 12.0 Å². The van der Waals surface area contributed by atoms with E-state index in [2.05, 4.69) is 40.5 Å². The minimum absolute atomic E-state index is 0.0400. The first-order chi connectivity index (χ1) is 11.1. The summed E-state index contributed by atoms with van der Waals surface area (Å²) in [6, 6.07) is 4.77. The minimum atomic E-state index is 0.0400. The maximum Gasteiger partial charge on any atom is 0.317 e. The highest BCUT2D eigenvalue weighted by molar-refractivity contribution is 5.74. The molecule has 23 heavy (non-hydrogen) atoms. The minimum Gasteiger partial charge on any atom is -0.335 e. The highest BCUT2D eigenvalue weighted by atomic mass is 16.2. The Labute approximate surface area is 138 Å². The van der Waals surface area contributed by atoms with Crippen LogP contribution in [0.25, 0.3) is 0 Å². The van der Waals surface area contributed by atoms with E-state index in [1.807, 2.05) is 30.4 Å². The van der Waals surface area contributed by atoms with Crippen molar-refractivity contribution in [2.24, 2.45) is 5.92 Å². The van der Waals surface area contributed by atoms with Crippen LogP contribution in [0.3, 0.4) is 0 Å². The molecule has 2 aliphatic rings. The standard InChI is InChI=1S/C18H26N4O/c1-21-11-9-15(17(21)14-6-5-10-19-12-14)13-22(2)18(23)20-16-7-3-4-8-16/h3-6,10,12,15-17H,7-9,11,13H2,1-2H3,(H,20,23)/t15-,17-/m0/s1. The van der Waals surface area contributed by atoms with Gasteiger partial charge in [0, 0.05) is 38.1 Å². The lowest BCUT2D eigenvalue weighted by molar-refractivity contribution is 0.186. The van der Waals surface area contributed by atoms with Crippen molar-refractivity contribution in [1.82, 2.24) is 20.1 Å². The van der Waals surface area contributed by atoms with Crippen LogP contribution in [0.4, 0.5) is 4.79 Å². The lowest BCUT2D eigenvalue weighted by Gasteiger charge is -2.29. The molecule has 0 bridgehead atoms. The van der Waals surface area contributed by atoms with Gasteiger partial charge in [-0.25, -0.2) is 4.79 Å². The van der Waals surface area contributed by atoms with Crippen molar-refractivity contribution in [2.75, 3.05) is 27.2 Å². The highest BCUT2D eigenvalue weighted by Gasteiger charge is 2.34. The third-order valence-electron chi connectivity index (χ3n) is 4.99. The molecule has 0 unspecified atom stereocenters. The van der Waals surface area contributed by atoms with E-state index >= 15 is 0 Å². The van der Waals surface area contributed by atoms with Crippen molar-refractivity contribution < 1.29 is 4.79 Å². The van der Waals surface area contributed by atoms with E-state index in [0.717, 1.165) is 32.4 Å². The molecule has 0 saturated carbocycles. The maximum absolute atomic E-state index is 12.4. The number of carbonyl (C=O) groups excluding carboxylic acids is 1. The van der Waals surface area contributed by atoms with Gasteiger partial charge in [0.1, 0.15) is 0 Å². The van der Waals surface area contributed by atoms with Crippen LogP contribution >= 0.6 is 0 Å². The van der Waals surface area contributed by atoms with Crippen LogP contribution in [0.5, 0.6) is 0 Å². The average molecular weight is 314 g/mol. The summed E-state index contributed by atoms with van der Waals surface area (Å²) in [4.78, 5) is 20.8. The summed E-state index contributed by atoms with van der Waals surface area (Å²) in [7, 11) is 4.05. The topological polar surface area (TPSA) is 48.5 Å². The Morgan fingerprint density at radius 2 is 2.22 bits per heavy atom. The Bertz CT molecular complexity index is 551. The van der Waals surface area contributed by atoms with Gasteiger partial charge >= 0.3 is 6.03 Å². The van der Waals surface area contributed by atoms with Gasteiger partial charge in [-0.15, -0.1) is 0 Å². The predicted molar refractivity (Wildman–Crippen MR) is 91.0 cm³/mol. The van der Waals surface area contributed by atoms with Gasteiger partial charge in [-0.05, 0) is 50.4 Å². The first-order valence-corrected chi connectivity index (χ1v) is 8.42. The molecule has 2 amide bonds. The van der Waals surface area contributed by atoms with Gasteiger partial charge in [0.05, 0.1) is 0 Å². The van der Waals surface area contributed by atoms with Gasteiger partial charge in [0.15, 0.2) is 0 Å². The molecule has 0 radical (unpaired) electrons. The Balaban J connectivity index is 1.60. The predicted octanol–water partition coefficient (Wildman–Crippen LogP) is 2.43. The molecule has 1 fully saturated rings. The summed E-state index contributed by atoms with van der Waals surface area (Å²) in [6.45, 7) is 1.84. The molecule has 1 aliphatic heterocycles. The Kier molecular flexibility index (Phi) is 4.96. The van der Waals surface area contributed by atoms with Crippen LogP contribution in [-0.4, -0.2) is 54.0 Å². The number of rotatable bonds is 4. The number of aromatic nitrogens is 1. The van der Waals surface area contributed by atoms with Crippen molar-refractivity contribution in [3.63, 3.8) is 0 Å². The van der Waals surface area contributed by atoms with Gasteiger partial charge in [0.2, 0.25) is 0 Å². The molecule has 1 aromatic rings. The fourth-order valence-electron chi connectivity index (χ4n) is 3.75. The zero-order valence-corrected chi connectivity index (χ0v) is 14.0. The van der Waals surface area contributed by atoms with Crippen molar-refractivity contribution in [3.05, 3.63) is 42.2 Å². The molecule has 0 spiro atoms. The van der Waals surface area contributed by atoms with Crippen molar-refractivity contribution >= 4 is 6.03 Å². The third kappa shape index (κ3) is 3.72. The zero-order valence-electron chi connectivity index (χ0n) is 14.0. The molecule has 1 N–H and O–H groups in total. The van der Waals surface area contributed by atoms with Crippen molar-refractivity contribution in [3.8, 4) is 0 Å². The summed E-state index contributed by atoms with van der Waals surface area (Å²) in [5, 5.41) is 3.12. The number of hydrogen-bond donors (Lipinski definition) is 1. The quantitative estimate of drug-likeness (QED) is 0.868. The lowest BCUT2D eigenvalue weighted by atomic mass is 9.94. The van der Waals surface area contributed by atoms with Gasteiger partial charge in [0.25, 0.3) is 0 Å². The van der Waals surface area contributed by atoms with Gasteiger partial charge < -0.3 is 10.2 Å². The average Bonchev–Trinajstić information content (AvgIpc) is 3.18. The molecular weight excluding hydrogens is 288 g/mol. The first-order valence-electron chi connectivity index (χ1n) is 8.42. The van der Waals surface area contributed by atoms with E-state index in [1.54, 1.807) is 0 Å². The summed E-state index contributed by atoms with van der Waals surface area (Å²) < 4.78 is 0. The van der Waals surface area contributed by atoms with Crippen LogP contribution in [0, 0.1) is 5.92 Å². The second kappa shape index (κ2) is 7.13. The van der Waals surface area contributed by atoms with E-state index in [4.69, 9.17) is 0 Å². The molecule has 3 rings (SSSR count). The Morgan fingerprint density at radius 3 is 2.91 bits per heavy atom. The van der Waals surface area contributed by atoms with Crippen LogP contribution in [-0.2, 0) is 0 Å². The number of nitrogens with one attached hydrogen (secondary N) is 1. The van der Waals surface area contributed by atoms with Gasteiger partial charge in [-0.2, -0.15) is 0 Å². The monoisotopic (exact) mass is 314 g/mol. The SMILES string of the molecule is CN(C[C@@H]1CCN(C)[C@H]1c1cccnc1)C(=O)NC1CC=CC1. The van der Waals surface area contributed by atoms with Crippen molar-refractivity contribution in [1.29, 1.82) is 0 Å². The molecule has 5 heteroatoms. The summed E-state index contributed by atoms with van der Waals surface area (Å²) in [5.41, 5.74) is 1.24. The smallest absolute Gasteiger partial charge is 0.317 e. The molecule has 0 aromatic carbocycles.